The standard InChI is InChI=1S/C33H36N4O/c34-24-27-6-4-25(5-7-27)10-15-33(38)36-31-13-8-26(9-14-31)16-20-37-21-17-28-11-12-30(23-29(28)18-22-37)32-3-1-2-19-35-32/h1-7,10-12,15,19,23,26,31H,8-9,13-14,16-18,20-22H2,(H,36,38)/b15-10+. The molecule has 3 aromatic rings. The first-order chi connectivity index (χ1) is 18.7. The number of amides is 1. The van der Waals surface area contributed by atoms with Crippen molar-refractivity contribution >= 4 is 12.0 Å². The summed E-state index contributed by atoms with van der Waals surface area (Å²) >= 11 is 0. The Morgan fingerprint density at radius 2 is 1.79 bits per heavy atom. The van der Waals surface area contributed by atoms with Crippen molar-refractivity contribution in [3.63, 3.8) is 0 Å². The summed E-state index contributed by atoms with van der Waals surface area (Å²) < 4.78 is 0. The van der Waals surface area contributed by atoms with Gasteiger partial charge < -0.3 is 10.2 Å². The Bertz CT molecular complexity index is 1280. The Hall–Kier alpha value is -3.75. The highest BCUT2D eigenvalue weighted by Crippen LogP contribution is 2.28. The van der Waals surface area contributed by atoms with Crippen LogP contribution in [0.3, 0.4) is 0 Å². The van der Waals surface area contributed by atoms with E-state index in [2.05, 4.69) is 45.5 Å². The Morgan fingerprint density at radius 3 is 2.53 bits per heavy atom. The zero-order valence-electron chi connectivity index (χ0n) is 22.0. The lowest BCUT2D eigenvalue weighted by Gasteiger charge is -2.30. The SMILES string of the molecule is N#Cc1ccc(/C=C/C(=O)NC2CCC(CCN3CCc4ccc(-c5ccccn5)cc4CC3)CC2)cc1. The average molecular weight is 505 g/mol. The topological polar surface area (TPSA) is 69.0 Å². The second-order valence-corrected chi connectivity index (χ2v) is 10.6. The van der Waals surface area contributed by atoms with Crippen LogP contribution in [0.1, 0.15) is 54.4 Å². The number of nitrogens with zero attached hydrogens (tertiary/aromatic N) is 3. The van der Waals surface area contributed by atoms with Gasteiger partial charge in [0.05, 0.1) is 17.3 Å². The molecule has 0 saturated heterocycles. The number of carbonyl (C=O) groups excluding carboxylic acids is 1. The summed E-state index contributed by atoms with van der Waals surface area (Å²) in [5.74, 6) is 0.715. The molecule has 1 amide bonds. The van der Waals surface area contributed by atoms with Crippen LogP contribution in [0.5, 0.6) is 0 Å². The number of pyridine rings is 1. The fourth-order valence-electron chi connectivity index (χ4n) is 5.74. The maximum absolute atomic E-state index is 12.4. The number of hydrogen-bond donors (Lipinski definition) is 1. The molecule has 38 heavy (non-hydrogen) atoms. The van der Waals surface area contributed by atoms with Gasteiger partial charge in [-0.2, -0.15) is 5.26 Å². The highest BCUT2D eigenvalue weighted by molar-refractivity contribution is 5.91. The van der Waals surface area contributed by atoms with E-state index in [-0.39, 0.29) is 11.9 Å². The van der Waals surface area contributed by atoms with Gasteiger partial charge in [0.25, 0.3) is 0 Å². The summed E-state index contributed by atoms with van der Waals surface area (Å²) in [7, 11) is 0. The molecule has 5 heteroatoms. The van der Waals surface area contributed by atoms with Gasteiger partial charge in [0.2, 0.25) is 5.91 Å². The van der Waals surface area contributed by atoms with Gasteiger partial charge in [0.15, 0.2) is 0 Å². The predicted molar refractivity (Wildman–Crippen MR) is 152 cm³/mol. The number of nitriles is 1. The number of hydrogen-bond acceptors (Lipinski definition) is 4. The van der Waals surface area contributed by atoms with Crippen molar-refractivity contribution in [2.45, 2.75) is 51.0 Å². The lowest BCUT2D eigenvalue weighted by atomic mass is 9.84. The number of nitrogens with one attached hydrogen (secondary N) is 1. The highest BCUT2D eigenvalue weighted by Gasteiger charge is 2.23. The Morgan fingerprint density at radius 1 is 1.00 bits per heavy atom. The van der Waals surface area contributed by atoms with Crippen LogP contribution in [0, 0.1) is 17.2 Å². The zero-order chi connectivity index (χ0) is 26.2. The molecule has 5 nitrogen and oxygen atoms in total. The van der Waals surface area contributed by atoms with Crippen LogP contribution in [-0.4, -0.2) is 41.5 Å². The molecule has 2 heterocycles. The van der Waals surface area contributed by atoms with E-state index in [4.69, 9.17) is 5.26 Å². The lowest BCUT2D eigenvalue weighted by Crippen LogP contribution is -2.37. The first-order valence-electron chi connectivity index (χ1n) is 13.9. The van der Waals surface area contributed by atoms with Crippen molar-refractivity contribution in [2.24, 2.45) is 5.92 Å². The second-order valence-electron chi connectivity index (χ2n) is 10.6. The van der Waals surface area contributed by atoms with E-state index in [0.29, 0.717) is 5.56 Å². The van der Waals surface area contributed by atoms with E-state index in [0.717, 1.165) is 62.5 Å². The van der Waals surface area contributed by atoms with Crippen LogP contribution in [-0.2, 0) is 17.6 Å². The van der Waals surface area contributed by atoms with Crippen LogP contribution in [0.4, 0.5) is 0 Å². The van der Waals surface area contributed by atoms with Crippen molar-refractivity contribution in [2.75, 3.05) is 19.6 Å². The maximum atomic E-state index is 12.4. The third kappa shape index (κ3) is 6.96. The predicted octanol–water partition coefficient (Wildman–Crippen LogP) is 5.80. The summed E-state index contributed by atoms with van der Waals surface area (Å²) in [6, 6.07) is 22.6. The van der Waals surface area contributed by atoms with Crippen molar-refractivity contribution in [1.29, 1.82) is 5.26 Å². The van der Waals surface area contributed by atoms with Gasteiger partial charge in [0.1, 0.15) is 0 Å². The summed E-state index contributed by atoms with van der Waals surface area (Å²) in [5, 5.41) is 12.1. The number of rotatable bonds is 7. The zero-order valence-corrected chi connectivity index (χ0v) is 22.0. The summed E-state index contributed by atoms with van der Waals surface area (Å²) in [6.45, 7) is 3.42. The fourth-order valence-corrected chi connectivity index (χ4v) is 5.74. The van der Waals surface area contributed by atoms with Gasteiger partial charge >= 0.3 is 0 Å². The minimum atomic E-state index is -0.0341. The van der Waals surface area contributed by atoms with E-state index in [1.807, 2.05) is 30.5 Å². The van der Waals surface area contributed by atoms with Crippen LogP contribution in [0.25, 0.3) is 17.3 Å². The van der Waals surface area contributed by atoms with Gasteiger partial charge in [-0.05, 0) is 111 Å². The van der Waals surface area contributed by atoms with Crippen molar-refractivity contribution in [3.8, 4) is 17.3 Å². The van der Waals surface area contributed by atoms with Gasteiger partial charge in [-0.1, -0.05) is 30.3 Å². The quantitative estimate of drug-likeness (QED) is 0.413. The number of fused-ring (bicyclic) bond motifs is 1. The van der Waals surface area contributed by atoms with E-state index >= 15 is 0 Å². The first kappa shape index (κ1) is 25.9. The first-order valence-corrected chi connectivity index (χ1v) is 13.9. The minimum absolute atomic E-state index is 0.0341. The third-order valence-corrected chi connectivity index (χ3v) is 8.08. The molecular weight excluding hydrogens is 468 g/mol. The molecule has 0 unspecified atom stereocenters. The lowest BCUT2D eigenvalue weighted by molar-refractivity contribution is -0.117. The van der Waals surface area contributed by atoms with E-state index in [9.17, 15) is 4.79 Å². The smallest absolute Gasteiger partial charge is 0.244 e. The van der Waals surface area contributed by atoms with Crippen LogP contribution >= 0.6 is 0 Å². The Balaban J connectivity index is 1.03. The normalized spacial score (nSPS) is 19.9. The molecule has 1 fully saturated rings. The van der Waals surface area contributed by atoms with Gasteiger partial charge in [-0.25, -0.2) is 0 Å². The molecule has 2 aromatic carbocycles. The Kier molecular flexibility index (Phi) is 8.63. The summed E-state index contributed by atoms with van der Waals surface area (Å²) in [5.41, 5.74) is 6.77. The Labute approximate surface area is 226 Å². The molecular formula is C33H36N4O. The molecule has 5 rings (SSSR count). The van der Waals surface area contributed by atoms with E-state index in [1.54, 1.807) is 24.3 Å². The highest BCUT2D eigenvalue weighted by atomic mass is 16.1. The molecule has 1 saturated carbocycles. The molecule has 2 aliphatic rings. The number of carbonyl (C=O) groups is 1. The molecule has 0 bridgehead atoms. The largest absolute Gasteiger partial charge is 0.350 e. The van der Waals surface area contributed by atoms with Crippen LogP contribution in [0.15, 0.2) is 72.9 Å². The van der Waals surface area contributed by atoms with Gasteiger partial charge in [-0.15, -0.1) is 0 Å². The molecule has 0 spiro atoms. The number of benzene rings is 2. The molecule has 1 aromatic heterocycles. The van der Waals surface area contributed by atoms with E-state index < -0.39 is 0 Å². The molecule has 0 radical (unpaired) electrons. The summed E-state index contributed by atoms with van der Waals surface area (Å²) in [6.07, 6.45) is 13.2. The third-order valence-electron chi connectivity index (χ3n) is 8.08. The molecule has 0 atom stereocenters. The van der Waals surface area contributed by atoms with Crippen LogP contribution < -0.4 is 5.32 Å². The average Bonchev–Trinajstić information content (AvgIpc) is 3.18. The van der Waals surface area contributed by atoms with Gasteiger partial charge in [0, 0.05) is 37.0 Å². The van der Waals surface area contributed by atoms with Crippen molar-refractivity contribution < 1.29 is 4.79 Å². The minimum Gasteiger partial charge on any atom is -0.350 e. The molecule has 194 valence electrons. The van der Waals surface area contributed by atoms with E-state index in [1.165, 1.54) is 36.0 Å². The molecule has 1 aliphatic heterocycles. The molecule has 1 N–H and O–H groups in total. The second kappa shape index (κ2) is 12.7. The maximum Gasteiger partial charge on any atom is 0.244 e. The number of aromatic nitrogens is 1. The molecule has 1 aliphatic carbocycles. The van der Waals surface area contributed by atoms with Gasteiger partial charge in [-0.3, -0.25) is 9.78 Å². The summed E-state index contributed by atoms with van der Waals surface area (Å²) in [4.78, 5) is 19.5. The monoisotopic (exact) mass is 504 g/mol. The van der Waals surface area contributed by atoms with Crippen LogP contribution in [0.2, 0.25) is 0 Å². The fraction of sp³-hybridized carbons (Fsp3) is 0.364. The van der Waals surface area contributed by atoms with Crippen molar-refractivity contribution in [1.82, 2.24) is 15.2 Å². The van der Waals surface area contributed by atoms with Crippen molar-refractivity contribution in [3.05, 3.63) is 95.2 Å².